The fourth-order valence-corrected chi connectivity index (χ4v) is 2.90. The SMILES string of the molecule is C[C@@H]1CN(C(=O)Cn2ncc(=O)c3ccccc32)C[C@@H](C)O1. The molecule has 22 heavy (non-hydrogen) atoms. The molecule has 1 aromatic carbocycles. The molecular formula is C16H19N3O3. The van der Waals surface area contributed by atoms with Gasteiger partial charge in [-0.3, -0.25) is 14.3 Å². The zero-order chi connectivity index (χ0) is 15.7. The van der Waals surface area contributed by atoms with Crippen molar-refractivity contribution in [3.05, 3.63) is 40.7 Å². The van der Waals surface area contributed by atoms with Crippen LogP contribution in [0.5, 0.6) is 0 Å². The third-order valence-corrected chi connectivity index (χ3v) is 3.82. The molecule has 0 N–H and O–H groups in total. The minimum Gasteiger partial charge on any atom is -0.372 e. The van der Waals surface area contributed by atoms with Gasteiger partial charge in [-0.1, -0.05) is 12.1 Å². The molecule has 3 rings (SSSR count). The van der Waals surface area contributed by atoms with Crippen LogP contribution in [-0.4, -0.2) is 45.9 Å². The normalized spacial score (nSPS) is 22.0. The first kappa shape index (κ1) is 14.7. The quantitative estimate of drug-likeness (QED) is 0.831. The van der Waals surface area contributed by atoms with Crippen molar-refractivity contribution in [1.29, 1.82) is 0 Å². The number of morpholine rings is 1. The number of ether oxygens (including phenoxy) is 1. The molecule has 2 aromatic rings. The number of fused-ring (bicyclic) bond motifs is 1. The van der Waals surface area contributed by atoms with Gasteiger partial charge in [0.15, 0.2) is 0 Å². The monoisotopic (exact) mass is 301 g/mol. The van der Waals surface area contributed by atoms with Gasteiger partial charge in [-0.25, -0.2) is 0 Å². The average Bonchev–Trinajstić information content (AvgIpc) is 2.49. The Balaban J connectivity index is 1.86. The van der Waals surface area contributed by atoms with Crippen LogP contribution in [0.4, 0.5) is 0 Å². The van der Waals surface area contributed by atoms with Crippen molar-refractivity contribution in [1.82, 2.24) is 14.7 Å². The van der Waals surface area contributed by atoms with E-state index in [1.165, 1.54) is 6.20 Å². The van der Waals surface area contributed by atoms with E-state index in [0.29, 0.717) is 24.0 Å². The standard InChI is InChI=1S/C16H19N3O3/c1-11-8-18(9-12(2)22-11)16(21)10-19-14-6-4-3-5-13(14)15(20)7-17-19/h3-7,11-12H,8-10H2,1-2H3/t11-,12-/m1/s1. The van der Waals surface area contributed by atoms with Crippen LogP contribution >= 0.6 is 0 Å². The highest BCUT2D eigenvalue weighted by Crippen LogP contribution is 2.13. The summed E-state index contributed by atoms with van der Waals surface area (Å²) in [6.07, 6.45) is 1.33. The molecule has 0 unspecified atom stereocenters. The van der Waals surface area contributed by atoms with Gasteiger partial charge >= 0.3 is 0 Å². The number of carbonyl (C=O) groups excluding carboxylic acids is 1. The number of nitrogens with zero attached hydrogens (tertiary/aromatic N) is 3. The molecule has 0 aliphatic carbocycles. The van der Waals surface area contributed by atoms with E-state index in [-0.39, 0.29) is 30.1 Å². The van der Waals surface area contributed by atoms with Crippen LogP contribution in [0, 0.1) is 0 Å². The molecule has 0 bridgehead atoms. The van der Waals surface area contributed by atoms with E-state index in [9.17, 15) is 9.59 Å². The predicted octanol–water partition coefficient (Wildman–Crippen LogP) is 1.03. The van der Waals surface area contributed by atoms with E-state index in [2.05, 4.69) is 5.10 Å². The number of hydrogen-bond donors (Lipinski definition) is 0. The summed E-state index contributed by atoms with van der Waals surface area (Å²) in [7, 11) is 0. The van der Waals surface area contributed by atoms with Crippen molar-refractivity contribution in [3.8, 4) is 0 Å². The summed E-state index contributed by atoms with van der Waals surface area (Å²) in [4.78, 5) is 26.1. The summed E-state index contributed by atoms with van der Waals surface area (Å²) in [5.41, 5.74) is 0.547. The van der Waals surface area contributed by atoms with Gasteiger partial charge in [0.05, 0.1) is 23.9 Å². The molecule has 0 radical (unpaired) electrons. The van der Waals surface area contributed by atoms with Gasteiger partial charge in [0.25, 0.3) is 0 Å². The topological polar surface area (TPSA) is 64.4 Å². The third kappa shape index (κ3) is 2.87. The lowest BCUT2D eigenvalue weighted by Gasteiger charge is -2.35. The largest absolute Gasteiger partial charge is 0.372 e. The number of benzene rings is 1. The predicted molar refractivity (Wildman–Crippen MR) is 82.6 cm³/mol. The summed E-state index contributed by atoms with van der Waals surface area (Å²) in [5.74, 6) is -0.0108. The molecule has 1 aliphatic heterocycles. The summed E-state index contributed by atoms with van der Waals surface area (Å²) in [6, 6.07) is 7.20. The zero-order valence-corrected chi connectivity index (χ0v) is 12.7. The van der Waals surface area contributed by atoms with Gasteiger partial charge in [0, 0.05) is 18.5 Å². The molecule has 6 nitrogen and oxygen atoms in total. The zero-order valence-electron chi connectivity index (χ0n) is 12.7. The second kappa shape index (κ2) is 5.88. The molecule has 1 amide bonds. The Hall–Kier alpha value is -2.21. The van der Waals surface area contributed by atoms with Crippen molar-refractivity contribution < 1.29 is 9.53 Å². The van der Waals surface area contributed by atoms with E-state index < -0.39 is 0 Å². The van der Waals surface area contributed by atoms with Crippen LogP contribution in [0.1, 0.15) is 13.8 Å². The van der Waals surface area contributed by atoms with Crippen LogP contribution in [0.3, 0.4) is 0 Å². The van der Waals surface area contributed by atoms with E-state index in [1.807, 2.05) is 26.0 Å². The fraction of sp³-hybridized carbons (Fsp3) is 0.438. The Kier molecular flexibility index (Phi) is 3.94. The number of para-hydroxylation sites is 1. The molecule has 1 fully saturated rings. The maximum Gasteiger partial charge on any atom is 0.244 e. The fourth-order valence-electron chi connectivity index (χ4n) is 2.90. The first-order valence-corrected chi connectivity index (χ1v) is 7.42. The summed E-state index contributed by atoms with van der Waals surface area (Å²) < 4.78 is 7.23. The van der Waals surface area contributed by atoms with Crippen molar-refractivity contribution >= 4 is 16.8 Å². The van der Waals surface area contributed by atoms with Crippen molar-refractivity contribution in [3.63, 3.8) is 0 Å². The van der Waals surface area contributed by atoms with Gasteiger partial charge < -0.3 is 9.64 Å². The molecule has 1 aromatic heterocycles. The molecule has 2 atom stereocenters. The van der Waals surface area contributed by atoms with Crippen LogP contribution < -0.4 is 5.43 Å². The molecular weight excluding hydrogens is 282 g/mol. The Morgan fingerprint density at radius 3 is 2.68 bits per heavy atom. The van der Waals surface area contributed by atoms with Gasteiger partial charge in [-0.05, 0) is 26.0 Å². The summed E-state index contributed by atoms with van der Waals surface area (Å²) in [6.45, 7) is 5.22. The average molecular weight is 301 g/mol. The van der Waals surface area contributed by atoms with Crippen LogP contribution in [0.15, 0.2) is 35.3 Å². The second-order valence-electron chi connectivity index (χ2n) is 5.74. The van der Waals surface area contributed by atoms with Crippen LogP contribution in [0.25, 0.3) is 10.9 Å². The third-order valence-electron chi connectivity index (χ3n) is 3.82. The Bertz CT molecular complexity index is 746. The molecule has 1 saturated heterocycles. The highest BCUT2D eigenvalue weighted by Gasteiger charge is 2.26. The van der Waals surface area contributed by atoms with E-state index in [4.69, 9.17) is 4.74 Å². The number of amides is 1. The van der Waals surface area contributed by atoms with Crippen molar-refractivity contribution in [2.24, 2.45) is 0 Å². The van der Waals surface area contributed by atoms with Crippen molar-refractivity contribution in [2.75, 3.05) is 13.1 Å². The Labute approximate surface area is 128 Å². The minimum absolute atomic E-state index is 0.0108. The van der Waals surface area contributed by atoms with E-state index in [0.717, 1.165) is 0 Å². The van der Waals surface area contributed by atoms with E-state index >= 15 is 0 Å². The number of carbonyl (C=O) groups is 1. The lowest BCUT2D eigenvalue weighted by molar-refractivity contribution is -0.143. The smallest absolute Gasteiger partial charge is 0.244 e. The first-order valence-electron chi connectivity index (χ1n) is 7.42. The first-order chi connectivity index (χ1) is 10.5. The van der Waals surface area contributed by atoms with Crippen LogP contribution in [-0.2, 0) is 16.1 Å². The number of aromatic nitrogens is 2. The summed E-state index contributed by atoms with van der Waals surface area (Å²) >= 11 is 0. The van der Waals surface area contributed by atoms with Gasteiger partial charge in [0.1, 0.15) is 6.54 Å². The van der Waals surface area contributed by atoms with Crippen LogP contribution in [0.2, 0.25) is 0 Å². The lowest BCUT2D eigenvalue weighted by Crippen LogP contribution is -2.49. The van der Waals surface area contributed by atoms with Crippen molar-refractivity contribution in [2.45, 2.75) is 32.6 Å². The molecule has 0 saturated carbocycles. The molecule has 6 heteroatoms. The van der Waals surface area contributed by atoms with Gasteiger partial charge in [0.2, 0.25) is 11.3 Å². The highest BCUT2D eigenvalue weighted by molar-refractivity contribution is 5.81. The van der Waals surface area contributed by atoms with Gasteiger partial charge in [-0.15, -0.1) is 0 Å². The van der Waals surface area contributed by atoms with Gasteiger partial charge in [-0.2, -0.15) is 5.10 Å². The molecule has 0 spiro atoms. The molecule has 116 valence electrons. The molecule has 2 heterocycles. The maximum absolute atomic E-state index is 12.5. The summed E-state index contributed by atoms with van der Waals surface area (Å²) in [5, 5.41) is 4.68. The lowest BCUT2D eigenvalue weighted by atomic mass is 10.2. The second-order valence-corrected chi connectivity index (χ2v) is 5.74. The molecule has 1 aliphatic rings. The van der Waals surface area contributed by atoms with E-state index in [1.54, 1.807) is 21.7 Å². The minimum atomic E-state index is -0.132. The maximum atomic E-state index is 12.5. The number of hydrogen-bond acceptors (Lipinski definition) is 4. The Morgan fingerprint density at radius 1 is 1.27 bits per heavy atom. The number of rotatable bonds is 2. The highest BCUT2D eigenvalue weighted by atomic mass is 16.5. The Morgan fingerprint density at radius 2 is 1.95 bits per heavy atom.